The molecule has 0 unspecified atom stereocenters. The van der Waals surface area contributed by atoms with Gasteiger partial charge in [-0.3, -0.25) is 0 Å². The molecule has 108 valence electrons. The number of rotatable bonds is 5. The van der Waals surface area contributed by atoms with E-state index in [2.05, 4.69) is 20.2 Å². The summed E-state index contributed by atoms with van der Waals surface area (Å²) in [6.07, 6.45) is 5.97. The molecule has 8 heteroatoms. The second-order valence-electron chi connectivity index (χ2n) is 4.72. The highest BCUT2D eigenvalue weighted by Gasteiger charge is 2.31. The van der Waals surface area contributed by atoms with Crippen LogP contribution in [-0.2, 0) is 18.7 Å². The Hall–Kier alpha value is -2.25. The highest BCUT2D eigenvalue weighted by atomic mass is 35.5. The zero-order valence-corrected chi connectivity index (χ0v) is 11.8. The molecule has 2 aromatic heterocycles. The van der Waals surface area contributed by atoms with Crippen LogP contribution in [0.4, 0.5) is 0 Å². The second-order valence-corrected chi connectivity index (χ2v) is 5.16. The van der Waals surface area contributed by atoms with Gasteiger partial charge in [-0.05, 0) is 17.7 Å². The van der Waals surface area contributed by atoms with Gasteiger partial charge in [-0.2, -0.15) is 10.2 Å². The molecule has 0 amide bonds. The monoisotopic (exact) mass is 304 g/mol. The van der Waals surface area contributed by atoms with Gasteiger partial charge in [0.2, 0.25) is 0 Å². The van der Waals surface area contributed by atoms with Gasteiger partial charge in [-0.1, -0.05) is 23.7 Å². The minimum absolute atomic E-state index is 0.245. The van der Waals surface area contributed by atoms with Crippen LogP contribution in [0.2, 0.25) is 5.02 Å². The second kappa shape index (κ2) is 5.63. The normalized spacial score (nSPS) is 11.7. The van der Waals surface area contributed by atoms with Crippen molar-refractivity contribution < 1.29 is 5.11 Å². The minimum Gasteiger partial charge on any atom is -0.381 e. The van der Waals surface area contributed by atoms with Crippen LogP contribution in [0, 0.1) is 0 Å². The fraction of sp³-hybridized carbons (Fsp3) is 0.231. The number of halogens is 1. The lowest BCUT2D eigenvalue weighted by Gasteiger charge is -2.28. The van der Waals surface area contributed by atoms with Crippen LogP contribution in [0.3, 0.4) is 0 Å². The topological polar surface area (TPSA) is 81.6 Å². The largest absolute Gasteiger partial charge is 0.381 e. The van der Waals surface area contributed by atoms with Crippen molar-refractivity contribution in [3.63, 3.8) is 0 Å². The molecule has 21 heavy (non-hydrogen) atoms. The lowest BCUT2D eigenvalue weighted by Crippen LogP contribution is -2.36. The maximum Gasteiger partial charge on any atom is 0.137 e. The average Bonchev–Trinajstić information content (AvgIpc) is 3.13. The van der Waals surface area contributed by atoms with Crippen molar-refractivity contribution in [2.24, 2.45) is 0 Å². The van der Waals surface area contributed by atoms with Gasteiger partial charge in [-0.25, -0.2) is 19.3 Å². The van der Waals surface area contributed by atoms with Gasteiger partial charge >= 0.3 is 0 Å². The molecule has 7 nitrogen and oxygen atoms in total. The zero-order chi connectivity index (χ0) is 14.7. The smallest absolute Gasteiger partial charge is 0.137 e. The molecule has 0 aliphatic rings. The molecule has 0 radical (unpaired) electrons. The third kappa shape index (κ3) is 3.09. The molecule has 0 fully saturated rings. The summed E-state index contributed by atoms with van der Waals surface area (Å²) < 4.78 is 3.15. The first-order valence-corrected chi connectivity index (χ1v) is 6.67. The summed E-state index contributed by atoms with van der Waals surface area (Å²) >= 11 is 5.91. The molecule has 0 saturated carbocycles. The molecule has 1 N–H and O–H groups in total. The Morgan fingerprint density at radius 2 is 1.48 bits per heavy atom. The number of benzene rings is 1. The first-order chi connectivity index (χ1) is 10.2. The Morgan fingerprint density at radius 1 is 0.952 bits per heavy atom. The molecule has 0 aliphatic carbocycles. The first kappa shape index (κ1) is 13.7. The molecular weight excluding hydrogens is 292 g/mol. The van der Waals surface area contributed by atoms with E-state index in [1.165, 1.54) is 12.7 Å². The van der Waals surface area contributed by atoms with E-state index in [9.17, 15) is 5.11 Å². The van der Waals surface area contributed by atoms with Crippen LogP contribution in [0.1, 0.15) is 5.56 Å². The Balaban J connectivity index is 1.94. The van der Waals surface area contributed by atoms with E-state index >= 15 is 0 Å². The molecule has 3 aromatic rings. The van der Waals surface area contributed by atoms with E-state index < -0.39 is 5.60 Å². The predicted octanol–water partition coefficient (Wildman–Crippen LogP) is 1.11. The number of aromatic nitrogens is 6. The molecule has 0 aliphatic heterocycles. The van der Waals surface area contributed by atoms with Crippen molar-refractivity contribution in [1.29, 1.82) is 0 Å². The Bertz CT molecular complexity index is 644. The van der Waals surface area contributed by atoms with E-state index in [4.69, 9.17) is 11.6 Å². The predicted molar refractivity (Wildman–Crippen MR) is 75.4 cm³/mol. The van der Waals surface area contributed by atoms with Crippen molar-refractivity contribution in [3.05, 3.63) is 60.2 Å². The van der Waals surface area contributed by atoms with Gasteiger partial charge in [0.25, 0.3) is 0 Å². The third-order valence-electron chi connectivity index (χ3n) is 3.16. The maximum atomic E-state index is 11.1. The molecule has 0 saturated heterocycles. The first-order valence-electron chi connectivity index (χ1n) is 6.29. The van der Waals surface area contributed by atoms with E-state index in [-0.39, 0.29) is 13.1 Å². The molecule has 1 aromatic carbocycles. The lowest BCUT2D eigenvalue weighted by atomic mass is 9.93. The Morgan fingerprint density at radius 3 is 1.90 bits per heavy atom. The van der Waals surface area contributed by atoms with Crippen molar-refractivity contribution >= 4 is 11.6 Å². The Kier molecular flexibility index (Phi) is 3.68. The molecule has 0 spiro atoms. The van der Waals surface area contributed by atoms with Gasteiger partial charge < -0.3 is 5.11 Å². The summed E-state index contributed by atoms with van der Waals surface area (Å²) in [4.78, 5) is 7.79. The van der Waals surface area contributed by atoms with Crippen LogP contribution in [-0.4, -0.2) is 34.6 Å². The van der Waals surface area contributed by atoms with Crippen molar-refractivity contribution in [3.8, 4) is 0 Å². The standard InChI is InChI=1S/C13H13ClN6O/c14-12-3-1-11(2-4-12)13(21,5-19-9-15-7-17-19)6-20-10-16-8-18-20/h1-4,7-10,21H,5-6H2. The summed E-state index contributed by atoms with van der Waals surface area (Å²) in [6, 6.07) is 7.06. The Labute approximate surface area is 125 Å². The molecular formula is C13H13ClN6O. The fourth-order valence-electron chi connectivity index (χ4n) is 2.16. The van der Waals surface area contributed by atoms with E-state index in [0.29, 0.717) is 5.02 Å². The van der Waals surface area contributed by atoms with Crippen molar-refractivity contribution in [1.82, 2.24) is 29.5 Å². The summed E-state index contributed by atoms with van der Waals surface area (Å²) in [5.74, 6) is 0. The summed E-state index contributed by atoms with van der Waals surface area (Å²) in [5, 5.41) is 19.8. The maximum absolute atomic E-state index is 11.1. The highest BCUT2D eigenvalue weighted by Crippen LogP contribution is 2.26. The lowest BCUT2D eigenvalue weighted by molar-refractivity contribution is -0.00541. The number of hydrogen-bond acceptors (Lipinski definition) is 5. The summed E-state index contributed by atoms with van der Waals surface area (Å²) in [7, 11) is 0. The molecule has 3 rings (SSSR count). The molecule has 0 atom stereocenters. The minimum atomic E-state index is -1.20. The SMILES string of the molecule is OC(Cn1cncn1)(Cn1cncn1)c1ccc(Cl)cc1. The van der Waals surface area contributed by atoms with Crippen LogP contribution in [0.25, 0.3) is 0 Å². The van der Waals surface area contributed by atoms with Crippen LogP contribution in [0.5, 0.6) is 0 Å². The highest BCUT2D eigenvalue weighted by molar-refractivity contribution is 6.30. The number of nitrogens with zero attached hydrogens (tertiary/aromatic N) is 6. The van der Waals surface area contributed by atoms with Gasteiger partial charge in [0, 0.05) is 5.02 Å². The van der Waals surface area contributed by atoms with Gasteiger partial charge in [0.15, 0.2) is 0 Å². The van der Waals surface area contributed by atoms with E-state index in [1.54, 1.807) is 46.3 Å². The molecule has 0 bridgehead atoms. The molecule has 2 heterocycles. The average molecular weight is 305 g/mol. The van der Waals surface area contributed by atoms with E-state index in [1.807, 2.05) is 0 Å². The van der Waals surface area contributed by atoms with Crippen molar-refractivity contribution in [2.45, 2.75) is 18.7 Å². The fourth-order valence-corrected chi connectivity index (χ4v) is 2.28. The van der Waals surface area contributed by atoms with Crippen LogP contribution < -0.4 is 0 Å². The summed E-state index contributed by atoms with van der Waals surface area (Å²) in [5.41, 5.74) is -0.482. The van der Waals surface area contributed by atoms with Crippen LogP contribution in [0.15, 0.2) is 49.6 Å². The van der Waals surface area contributed by atoms with Gasteiger partial charge in [0.1, 0.15) is 30.9 Å². The van der Waals surface area contributed by atoms with Gasteiger partial charge in [-0.15, -0.1) is 0 Å². The number of hydrogen-bond donors (Lipinski definition) is 1. The van der Waals surface area contributed by atoms with Crippen molar-refractivity contribution in [2.75, 3.05) is 0 Å². The quantitative estimate of drug-likeness (QED) is 0.763. The third-order valence-corrected chi connectivity index (χ3v) is 3.41. The van der Waals surface area contributed by atoms with E-state index in [0.717, 1.165) is 5.56 Å². The van der Waals surface area contributed by atoms with Crippen LogP contribution >= 0.6 is 11.6 Å². The number of aliphatic hydroxyl groups is 1. The van der Waals surface area contributed by atoms with Gasteiger partial charge in [0.05, 0.1) is 13.1 Å². The summed E-state index contributed by atoms with van der Waals surface area (Å²) in [6.45, 7) is 0.489. The zero-order valence-electron chi connectivity index (χ0n) is 11.0.